The van der Waals surface area contributed by atoms with E-state index in [1.165, 1.54) is 43.4 Å². The molecule has 34 heavy (non-hydrogen) atoms. The molecule has 3 aromatic rings. The van der Waals surface area contributed by atoms with Crippen LogP contribution in [0.15, 0.2) is 35.2 Å². The number of carbonyl (C=O) groups is 1. The van der Waals surface area contributed by atoms with E-state index >= 15 is 0 Å². The Labute approximate surface area is 202 Å². The summed E-state index contributed by atoms with van der Waals surface area (Å²) in [6.45, 7) is 7.38. The van der Waals surface area contributed by atoms with Crippen molar-refractivity contribution in [2.75, 3.05) is 24.5 Å². The first-order chi connectivity index (χ1) is 16.4. The van der Waals surface area contributed by atoms with Gasteiger partial charge < -0.3 is 15.3 Å². The zero-order valence-corrected chi connectivity index (χ0v) is 20.1. The van der Waals surface area contributed by atoms with Crippen molar-refractivity contribution in [2.45, 2.75) is 39.0 Å². The quantitative estimate of drug-likeness (QED) is 0.522. The van der Waals surface area contributed by atoms with Gasteiger partial charge in [-0.1, -0.05) is 25.8 Å². The maximum absolute atomic E-state index is 13.1. The van der Waals surface area contributed by atoms with Crippen LogP contribution < -0.4 is 15.6 Å². The van der Waals surface area contributed by atoms with Gasteiger partial charge in [-0.25, -0.2) is 9.97 Å². The summed E-state index contributed by atoms with van der Waals surface area (Å²) in [5, 5.41) is 16.0. The van der Waals surface area contributed by atoms with Crippen LogP contribution in [0.2, 0.25) is 0 Å². The maximum Gasteiger partial charge on any atom is 0.226 e. The maximum atomic E-state index is 13.1. The Hall–Kier alpha value is -3.20. The minimum Gasteiger partial charge on any atom is -0.508 e. The Morgan fingerprint density at radius 2 is 2.06 bits per heavy atom. The van der Waals surface area contributed by atoms with Crippen LogP contribution in [-0.2, 0) is 4.79 Å². The molecule has 0 unspecified atom stereocenters. The Balaban J connectivity index is 1.38. The first-order valence-electron chi connectivity index (χ1n) is 11.8. The number of aliphatic hydroxyl groups is 1. The van der Waals surface area contributed by atoms with Crippen molar-refractivity contribution in [3.63, 3.8) is 0 Å². The molecule has 2 N–H and O–H groups in total. The first-order valence-corrected chi connectivity index (χ1v) is 12.7. The van der Waals surface area contributed by atoms with Gasteiger partial charge in [0, 0.05) is 37.4 Å². The molecule has 4 heterocycles. The first kappa shape index (κ1) is 22.6. The second kappa shape index (κ2) is 9.21. The van der Waals surface area contributed by atoms with Crippen molar-refractivity contribution in [3.8, 4) is 5.13 Å². The van der Waals surface area contributed by atoms with E-state index in [-0.39, 0.29) is 28.6 Å². The number of rotatable bonds is 6. The number of hydrogen-bond acceptors (Lipinski definition) is 7. The van der Waals surface area contributed by atoms with Crippen LogP contribution in [0.5, 0.6) is 0 Å². The molecule has 0 atom stereocenters. The van der Waals surface area contributed by atoms with E-state index in [1.807, 2.05) is 18.4 Å². The largest absolute Gasteiger partial charge is 0.508 e. The predicted octanol–water partition coefficient (Wildman–Crippen LogP) is 3.81. The van der Waals surface area contributed by atoms with Gasteiger partial charge in [-0.15, -0.1) is 11.3 Å². The molecule has 5 rings (SSSR count). The third-order valence-corrected chi connectivity index (χ3v) is 7.72. The lowest BCUT2D eigenvalue weighted by atomic mass is 9.89. The molecule has 9 heteroatoms. The number of anilines is 1. The molecular formula is C25H29N5O3S. The molecule has 178 valence electrons. The summed E-state index contributed by atoms with van der Waals surface area (Å²) < 4.78 is 1.72. The Kier molecular flexibility index (Phi) is 6.12. The Bertz CT molecular complexity index is 1290. The monoisotopic (exact) mass is 479 g/mol. The second-order valence-corrected chi connectivity index (χ2v) is 10.2. The predicted molar refractivity (Wildman–Crippen MR) is 135 cm³/mol. The number of nitrogens with one attached hydrogen (secondary N) is 1. The number of aromatic nitrogens is 3. The van der Waals surface area contributed by atoms with Crippen LogP contribution in [0.3, 0.4) is 0 Å². The number of hydrogen-bond donors (Lipinski definition) is 2. The van der Waals surface area contributed by atoms with Crippen LogP contribution in [0, 0.1) is 18.8 Å². The summed E-state index contributed by atoms with van der Waals surface area (Å²) in [5.74, 6) is 1.11. The van der Waals surface area contributed by atoms with Crippen LogP contribution >= 0.6 is 11.3 Å². The van der Waals surface area contributed by atoms with Gasteiger partial charge >= 0.3 is 0 Å². The van der Waals surface area contributed by atoms with E-state index in [1.54, 1.807) is 17.0 Å². The third-order valence-electron chi connectivity index (χ3n) is 6.94. The SMILES string of the molecule is C=C(O)c1cn(-c2nccs2)c2nc(N3CC(C(=O)NCC4CCCCC4)C3)cc(C)c2c1=O. The topological polar surface area (TPSA) is 100 Å². The van der Waals surface area contributed by atoms with Gasteiger partial charge in [0.05, 0.1) is 16.9 Å². The molecule has 1 amide bonds. The molecule has 2 fully saturated rings. The lowest BCUT2D eigenvalue weighted by Gasteiger charge is -2.39. The number of aliphatic hydroxyl groups excluding tert-OH is 1. The molecule has 0 aromatic carbocycles. The van der Waals surface area contributed by atoms with Gasteiger partial charge in [-0.2, -0.15) is 0 Å². The third kappa shape index (κ3) is 4.20. The van der Waals surface area contributed by atoms with Crippen molar-refractivity contribution in [1.82, 2.24) is 19.9 Å². The summed E-state index contributed by atoms with van der Waals surface area (Å²) in [7, 11) is 0. The number of pyridine rings is 2. The van der Waals surface area contributed by atoms with Gasteiger partial charge in [-0.3, -0.25) is 14.2 Å². The number of amides is 1. The highest BCUT2D eigenvalue weighted by Gasteiger charge is 2.34. The van der Waals surface area contributed by atoms with Crippen molar-refractivity contribution in [1.29, 1.82) is 0 Å². The molecule has 0 spiro atoms. The number of nitrogens with zero attached hydrogens (tertiary/aromatic N) is 4. The standard InChI is InChI=1S/C25H29N5O3S/c1-15-10-20(29-12-18(13-29)24(33)27-11-17-6-4-3-5-7-17)28-23-21(15)22(32)19(16(2)31)14-30(23)25-26-8-9-34-25/h8-10,14,17-18,31H,2-7,11-13H2,1H3,(H,27,33). The molecular weight excluding hydrogens is 450 g/mol. The molecule has 0 radical (unpaired) electrons. The molecule has 0 bridgehead atoms. The lowest BCUT2D eigenvalue weighted by molar-refractivity contribution is -0.125. The van der Waals surface area contributed by atoms with Gasteiger partial charge in [0.15, 0.2) is 10.8 Å². The summed E-state index contributed by atoms with van der Waals surface area (Å²) in [4.78, 5) is 36.9. The number of thiazole rings is 1. The highest BCUT2D eigenvalue weighted by atomic mass is 32.1. The fraction of sp³-hybridized carbons (Fsp3) is 0.440. The van der Waals surface area contributed by atoms with Gasteiger partial charge in [0.2, 0.25) is 11.3 Å². The van der Waals surface area contributed by atoms with E-state index in [4.69, 9.17) is 4.98 Å². The van der Waals surface area contributed by atoms with Crippen LogP contribution in [0.1, 0.15) is 43.2 Å². The minimum absolute atomic E-state index is 0.0531. The summed E-state index contributed by atoms with van der Waals surface area (Å²) in [5.41, 5.74) is 1.04. The molecule has 1 aliphatic heterocycles. The van der Waals surface area contributed by atoms with Crippen LogP contribution in [0.4, 0.5) is 5.82 Å². The molecule has 3 aromatic heterocycles. The van der Waals surface area contributed by atoms with E-state index < -0.39 is 0 Å². The zero-order chi connectivity index (χ0) is 23.8. The number of aryl methyl sites for hydroxylation is 1. The summed E-state index contributed by atoms with van der Waals surface area (Å²) in [6, 6.07) is 1.87. The van der Waals surface area contributed by atoms with Crippen molar-refractivity contribution in [2.24, 2.45) is 11.8 Å². The van der Waals surface area contributed by atoms with Gasteiger partial charge in [0.25, 0.3) is 0 Å². The van der Waals surface area contributed by atoms with Crippen molar-refractivity contribution in [3.05, 3.63) is 51.8 Å². The lowest BCUT2D eigenvalue weighted by Crippen LogP contribution is -2.54. The molecule has 8 nitrogen and oxygen atoms in total. The van der Waals surface area contributed by atoms with E-state index in [2.05, 4.69) is 21.8 Å². The number of fused-ring (bicyclic) bond motifs is 1. The molecule has 1 saturated carbocycles. The number of carbonyl (C=O) groups excluding carboxylic acids is 1. The average Bonchev–Trinajstić information content (AvgIpc) is 3.32. The fourth-order valence-electron chi connectivity index (χ4n) is 4.94. The average molecular weight is 480 g/mol. The zero-order valence-electron chi connectivity index (χ0n) is 19.3. The fourth-order valence-corrected chi connectivity index (χ4v) is 5.56. The van der Waals surface area contributed by atoms with Gasteiger partial charge in [0.1, 0.15) is 11.6 Å². The smallest absolute Gasteiger partial charge is 0.226 e. The van der Waals surface area contributed by atoms with Crippen molar-refractivity contribution >= 4 is 39.9 Å². The highest BCUT2D eigenvalue weighted by molar-refractivity contribution is 7.12. The highest BCUT2D eigenvalue weighted by Crippen LogP contribution is 2.29. The molecule has 1 saturated heterocycles. The normalized spacial score (nSPS) is 17.0. The van der Waals surface area contributed by atoms with E-state index in [0.717, 1.165) is 17.9 Å². The Morgan fingerprint density at radius 1 is 1.29 bits per heavy atom. The second-order valence-electron chi connectivity index (χ2n) is 9.35. The van der Waals surface area contributed by atoms with Crippen molar-refractivity contribution < 1.29 is 9.90 Å². The van der Waals surface area contributed by atoms with Crippen LogP contribution in [0.25, 0.3) is 21.9 Å². The minimum atomic E-state index is -0.310. The molecule has 2 aliphatic rings. The van der Waals surface area contributed by atoms with E-state index in [0.29, 0.717) is 35.2 Å². The Morgan fingerprint density at radius 3 is 2.74 bits per heavy atom. The van der Waals surface area contributed by atoms with Crippen LogP contribution in [-0.4, -0.2) is 45.2 Å². The van der Waals surface area contributed by atoms with E-state index in [9.17, 15) is 14.7 Å². The summed E-state index contributed by atoms with van der Waals surface area (Å²) in [6.07, 6.45) is 9.49. The molecule has 1 aliphatic carbocycles. The van der Waals surface area contributed by atoms with Gasteiger partial charge in [-0.05, 0) is 37.3 Å². The summed E-state index contributed by atoms with van der Waals surface area (Å²) >= 11 is 1.41.